The number of hydrogen-bond acceptors (Lipinski definition) is 8. The average Bonchev–Trinajstić information content (AvgIpc) is 2.95. The number of piperazine rings is 1. The van der Waals surface area contributed by atoms with Crippen LogP contribution in [0.4, 0.5) is 11.8 Å². The van der Waals surface area contributed by atoms with E-state index in [-0.39, 0.29) is 5.95 Å². The predicted octanol–water partition coefficient (Wildman–Crippen LogP) is 4.14. The Bertz CT molecular complexity index is 1480. The van der Waals surface area contributed by atoms with Crippen LogP contribution in [0.15, 0.2) is 54.6 Å². The number of fused-ring (bicyclic) bond motifs is 1. The van der Waals surface area contributed by atoms with E-state index in [1.54, 1.807) is 14.2 Å². The quantitative estimate of drug-likeness (QED) is 0.341. The number of nitrogens with zero attached hydrogens (tertiary/aromatic N) is 5. The van der Waals surface area contributed by atoms with Gasteiger partial charge in [0.05, 0.1) is 25.4 Å². The fraction of sp³-hybridized carbons (Fsp3) is 0.259. The van der Waals surface area contributed by atoms with E-state index in [1.165, 1.54) is 0 Å². The molecule has 2 aromatic heterocycles. The summed E-state index contributed by atoms with van der Waals surface area (Å²) in [4.78, 5) is 18.3. The van der Waals surface area contributed by atoms with Crippen LogP contribution in [0.3, 0.4) is 0 Å². The topological polar surface area (TPSA) is 102 Å². The summed E-state index contributed by atoms with van der Waals surface area (Å²) in [5.74, 6) is 2.22. The maximum Gasteiger partial charge on any atom is 0.222 e. The van der Waals surface area contributed by atoms with Gasteiger partial charge >= 0.3 is 0 Å². The number of anilines is 2. The van der Waals surface area contributed by atoms with Crippen molar-refractivity contribution in [2.75, 3.05) is 51.0 Å². The lowest BCUT2D eigenvalue weighted by molar-refractivity contribution is 0.355. The highest BCUT2D eigenvalue weighted by Crippen LogP contribution is 2.33. The molecule has 1 aliphatic heterocycles. The lowest BCUT2D eigenvalue weighted by atomic mass is 10.1. The van der Waals surface area contributed by atoms with Crippen molar-refractivity contribution in [3.8, 4) is 22.8 Å². The molecule has 1 saturated heterocycles. The second kappa shape index (κ2) is 11.2. The monoisotopic (exact) mass is 549 g/mol. The first kappa shape index (κ1) is 25.7. The van der Waals surface area contributed by atoms with Crippen LogP contribution in [-0.2, 0) is 6.54 Å². The van der Waals surface area contributed by atoms with Crippen LogP contribution >= 0.6 is 23.8 Å². The van der Waals surface area contributed by atoms with Crippen molar-refractivity contribution in [2.24, 2.45) is 0 Å². The highest BCUT2D eigenvalue weighted by molar-refractivity contribution is 7.80. The molecule has 2 aromatic carbocycles. The minimum absolute atomic E-state index is 0.215. The standard InChI is InChI=1S/C27H28ClN7O2S/c1-36-22-10-7-17(15-23(22)37-2)20-8-9-21-24(31-20)25(33-26(29)32-21)34-11-13-35(14-12-34)27(38)30-16-18-5-3-4-6-19(18)28/h3-10,15H,11-14,16H2,1-2H3,(H,30,38)(H2,29,32,33). The van der Waals surface area contributed by atoms with Gasteiger partial charge in [0.15, 0.2) is 22.4 Å². The molecule has 9 nitrogen and oxygen atoms in total. The molecule has 0 radical (unpaired) electrons. The Morgan fingerprint density at radius 3 is 2.47 bits per heavy atom. The number of aromatic nitrogens is 3. The van der Waals surface area contributed by atoms with E-state index in [4.69, 9.17) is 44.0 Å². The van der Waals surface area contributed by atoms with E-state index >= 15 is 0 Å². The maximum absolute atomic E-state index is 6.28. The SMILES string of the molecule is COc1ccc(-c2ccc3nc(N)nc(N4CCN(C(=S)NCc5ccccc5Cl)CC4)c3n2)cc1OC. The second-order valence-electron chi connectivity index (χ2n) is 8.76. The largest absolute Gasteiger partial charge is 0.493 e. The predicted molar refractivity (Wildman–Crippen MR) is 155 cm³/mol. The summed E-state index contributed by atoms with van der Waals surface area (Å²) >= 11 is 11.9. The number of nitrogen functional groups attached to an aromatic ring is 1. The van der Waals surface area contributed by atoms with Crippen LogP contribution in [0.2, 0.25) is 5.02 Å². The minimum atomic E-state index is 0.215. The van der Waals surface area contributed by atoms with Crippen LogP contribution in [-0.4, -0.2) is 65.4 Å². The number of rotatable bonds is 6. The first-order chi connectivity index (χ1) is 18.5. The van der Waals surface area contributed by atoms with E-state index in [1.807, 2.05) is 54.6 Å². The Balaban J connectivity index is 1.34. The first-order valence-electron chi connectivity index (χ1n) is 12.1. The normalized spacial score (nSPS) is 13.4. The third-order valence-corrected chi connectivity index (χ3v) is 7.25. The number of thiocarbonyl (C=S) groups is 1. The van der Waals surface area contributed by atoms with Crippen molar-refractivity contribution in [3.63, 3.8) is 0 Å². The van der Waals surface area contributed by atoms with E-state index in [2.05, 4.69) is 25.1 Å². The summed E-state index contributed by atoms with van der Waals surface area (Å²) in [6.07, 6.45) is 0. The molecule has 0 amide bonds. The lowest BCUT2D eigenvalue weighted by Crippen LogP contribution is -2.51. The summed E-state index contributed by atoms with van der Waals surface area (Å²) in [7, 11) is 3.23. The molecule has 0 unspecified atom stereocenters. The molecule has 3 N–H and O–H groups in total. The molecule has 1 aliphatic rings. The molecule has 38 heavy (non-hydrogen) atoms. The Hall–Kier alpha value is -3.89. The Kier molecular flexibility index (Phi) is 7.62. The molecular weight excluding hydrogens is 522 g/mol. The maximum atomic E-state index is 6.28. The van der Waals surface area contributed by atoms with Gasteiger partial charge in [0.1, 0.15) is 5.52 Å². The zero-order valence-electron chi connectivity index (χ0n) is 21.1. The number of halogens is 1. The van der Waals surface area contributed by atoms with Crippen molar-refractivity contribution in [1.82, 2.24) is 25.2 Å². The fourth-order valence-corrected chi connectivity index (χ4v) is 4.90. The molecule has 0 aliphatic carbocycles. The summed E-state index contributed by atoms with van der Waals surface area (Å²) in [5, 5.41) is 4.75. The fourth-order valence-electron chi connectivity index (χ4n) is 4.44. The summed E-state index contributed by atoms with van der Waals surface area (Å²) < 4.78 is 10.8. The van der Waals surface area contributed by atoms with E-state index in [0.29, 0.717) is 53.1 Å². The van der Waals surface area contributed by atoms with Crippen LogP contribution in [0.5, 0.6) is 11.5 Å². The van der Waals surface area contributed by atoms with Gasteiger partial charge in [-0.1, -0.05) is 29.8 Å². The van der Waals surface area contributed by atoms with Gasteiger partial charge in [-0.05, 0) is 54.2 Å². The molecule has 1 fully saturated rings. The van der Waals surface area contributed by atoms with Crippen molar-refractivity contribution in [3.05, 3.63) is 65.2 Å². The first-order valence-corrected chi connectivity index (χ1v) is 12.9. The number of hydrogen-bond donors (Lipinski definition) is 2. The van der Waals surface area contributed by atoms with Gasteiger partial charge in [0.25, 0.3) is 0 Å². The Morgan fingerprint density at radius 2 is 1.74 bits per heavy atom. The van der Waals surface area contributed by atoms with Crippen LogP contribution in [0.1, 0.15) is 5.56 Å². The van der Waals surface area contributed by atoms with Gasteiger partial charge in [0, 0.05) is 43.3 Å². The number of pyridine rings is 1. The van der Waals surface area contributed by atoms with Crippen LogP contribution < -0.4 is 25.4 Å². The van der Waals surface area contributed by atoms with Crippen LogP contribution in [0, 0.1) is 0 Å². The van der Waals surface area contributed by atoms with Gasteiger partial charge in [-0.15, -0.1) is 0 Å². The smallest absolute Gasteiger partial charge is 0.222 e. The van der Waals surface area contributed by atoms with E-state index < -0.39 is 0 Å². The Morgan fingerprint density at radius 1 is 0.974 bits per heavy atom. The second-order valence-corrected chi connectivity index (χ2v) is 9.56. The number of methoxy groups -OCH3 is 2. The van der Waals surface area contributed by atoms with Crippen molar-refractivity contribution < 1.29 is 9.47 Å². The minimum Gasteiger partial charge on any atom is -0.493 e. The zero-order chi connectivity index (χ0) is 26.6. The molecule has 3 heterocycles. The van der Waals surface area contributed by atoms with E-state index in [9.17, 15) is 0 Å². The summed E-state index contributed by atoms with van der Waals surface area (Å²) in [6, 6.07) is 17.3. The number of benzene rings is 2. The number of nitrogens with two attached hydrogens (primary N) is 1. The Labute approximate surface area is 231 Å². The molecule has 0 bridgehead atoms. The van der Waals surface area contributed by atoms with Crippen molar-refractivity contribution in [1.29, 1.82) is 0 Å². The van der Waals surface area contributed by atoms with Gasteiger partial charge in [-0.25, -0.2) is 9.97 Å². The molecule has 196 valence electrons. The molecule has 4 aromatic rings. The van der Waals surface area contributed by atoms with E-state index in [0.717, 1.165) is 34.9 Å². The number of nitrogens with one attached hydrogen (secondary N) is 1. The van der Waals surface area contributed by atoms with Gasteiger partial charge in [-0.3, -0.25) is 0 Å². The van der Waals surface area contributed by atoms with Crippen molar-refractivity contribution in [2.45, 2.75) is 6.54 Å². The van der Waals surface area contributed by atoms with Gasteiger partial charge in [0.2, 0.25) is 5.95 Å². The zero-order valence-corrected chi connectivity index (χ0v) is 22.7. The van der Waals surface area contributed by atoms with Crippen LogP contribution in [0.25, 0.3) is 22.3 Å². The molecule has 0 saturated carbocycles. The highest BCUT2D eigenvalue weighted by atomic mass is 35.5. The molecule has 0 spiro atoms. The van der Waals surface area contributed by atoms with Crippen molar-refractivity contribution >= 4 is 51.7 Å². The lowest BCUT2D eigenvalue weighted by Gasteiger charge is -2.37. The summed E-state index contributed by atoms with van der Waals surface area (Å²) in [6.45, 7) is 3.46. The third-order valence-electron chi connectivity index (χ3n) is 6.47. The van der Waals surface area contributed by atoms with Gasteiger partial charge < -0.3 is 30.3 Å². The number of ether oxygens (including phenoxy) is 2. The molecule has 11 heteroatoms. The van der Waals surface area contributed by atoms with Gasteiger partial charge in [-0.2, -0.15) is 4.98 Å². The molecular formula is C27H28ClN7O2S. The molecule has 5 rings (SSSR count). The summed E-state index contributed by atoms with van der Waals surface area (Å²) in [5.41, 5.74) is 10.1. The molecule has 0 atom stereocenters. The average molecular weight is 550 g/mol. The highest BCUT2D eigenvalue weighted by Gasteiger charge is 2.23. The third kappa shape index (κ3) is 5.36.